The van der Waals surface area contributed by atoms with Crippen LogP contribution in [0.2, 0.25) is 0 Å². The Morgan fingerprint density at radius 2 is 1.87 bits per heavy atom. The van der Waals surface area contributed by atoms with Crippen LogP contribution in [0.4, 0.5) is 0 Å². The van der Waals surface area contributed by atoms with Crippen molar-refractivity contribution in [2.75, 3.05) is 6.54 Å². The van der Waals surface area contributed by atoms with Gasteiger partial charge in [0.05, 0.1) is 0 Å². The summed E-state index contributed by atoms with van der Waals surface area (Å²) in [5.74, 6) is -3.07. The monoisotopic (exact) mass is 209 g/mol. The van der Waals surface area contributed by atoms with Crippen molar-refractivity contribution in [1.82, 2.24) is 0 Å². The smallest absolute Gasteiger partial charge is 0.229 e. The number of nitrogens with two attached hydrogens (primary N) is 1. The van der Waals surface area contributed by atoms with Gasteiger partial charge in [0.25, 0.3) is 0 Å². The fourth-order valence-electron chi connectivity index (χ4n) is 1.25. The van der Waals surface area contributed by atoms with E-state index < -0.39 is 11.6 Å². The van der Waals surface area contributed by atoms with Gasteiger partial charge < -0.3 is 15.9 Å². The minimum atomic E-state index is -2.36. The first-order valence-electron chi connectivity index (χ1n) is 4.73. The predicted molar refractivity (Wildman–Crippen MR) is 56.3 cm³/mol. The molecule has 0 radical (unpaired) electrons. The van der Waals surface area contributed by atoms with Crippen molar-refractivity contribution in [1.29, 1.82) is 0 Å². The highest BCUT2D eigenvalue weighted by Crippen LogP contribution is 2.14. The highest BCUT2D eigenvalue weighted by Gasteiger charge is 2.32. The number of aliphatic hydroxyl groups is 2. The molecule has 4 heteroatoms. The van der Waals surface area contributed by atoms with Crippen LogP contribution in [0.15, 0.2) is 24.3 Å². The van der Waals surface area contributed by atoms with Crippen LogP contribution < -0.4 is 5.73 Å². The Bertz CT molecular complexity index is 343. The number of aryl methyl sites for hydroxylation is 1. The maximum atomic E-state index is 11.6. The van der Waals surface area contributed by atoms with Crippen molar-refractivity contribution in [3.8, 4) is 0 Å². The van der Waals surface area contributed by atoms with Crippen LogP contribution >= 0.6 is 0 Å². The second-order valence-electron chi connectivity index (χ2n) is 3.55. The van der Waals surface area contributed by atoms with Gasteiger partial charge in [0.1, 0.15) is 0 Å². The number of rotatable bonds is 4. The van der Waals surface area contributed by atoms with Crippen LogP contribution in [-0.2, 0) is 0 Å². The lowest BCUT2D eigenvalue weighted by atomic mass is 10.00. The van der Waals surface area contributed by atoms with Crippen molar-refractivity contribution in [3.05, 3.63) is 35.4 Å². The average molecular weight is 209 g/mol. The lowest BCUT2D eigenvalue weighted by Gasteiger charge is -2.19. The minimum absolute atomic E-state index is 0.0462. The Labute approximate surface area is 88.3 Å². The molecule has 0 amide bonds. The molecule has 0 unspecified atom stereocenters. The summed E-state index contributed by atoms with van der Waals surface area (Å²) in [6, 6.07) is 6.61. The van der Waals surface area contributed by atoms with Gasteiger partial charge in [-0.2, -0.15) is 0 Å². The van der Waals surface area contributed by atoms with Gasteiger partial charge in [-0.15, -0.1) is 0 Å². The first-order valence-corrected chi connectivity index (χ1v) is 4.73. The molecule has 82 valence electrons. The number of carbonyl (C=O) groups is 1. The second-order valence-corrected chi connectivity index (χ2v) is 3.55. The van der Waals surface area contributed by atoms with E-state index in [2.05, 4.69) is 0 Å². The van der Waals surface area contributed by atoms with Crippen molar-refractivity contribution in [3.63, 3.8) is 0 Å². The average Bonchev–Trinajstić information content (AvgIpc) is 2.18. The van der Waals surface area contributed by atoms with Crippen LogP contribution in [0.1, 0.15) is 22.3 Å². The van der Waals surface area contributed by atoms with E-state index >= 15 is 0 Å². The molecule has 0 aliphatic carbocycles. The molecule has 0 heterocycles. The topological polar surface area (TPSA) is 83.5 Å². The first kappa shape index (κ1) is 11.8. The molecule has 0 aliphatic rings. The van der Waals surface area contributed by atoms with E-state index in [-0.39, 0.29) is 18.5 Å². The Kier molecular flexibility index (Phi) is 3.57. The molecule has 0 saturated carbocycles. The highest BCUT2D eigenvalue weighted by atomic mass is 16.5. The zero-order valence-electron chi connectivity index (χ0n) is 8.60. The molecule has 0 saturated heterocycles. The van der Waals surface area contributed by atoms with Crippen molar-refractivity contribution in [2.45, 2.75) is 19.1 Å². The van der Waals surface area contributed by atoms with E-state index in [1.165, 1.54) is 0 Å². The molecule has 0 aliphatic heterocycles. The minimum Gasteiger partial charge on any atom is -0.359 e. The highest BCUT2D eigenvalue weighted by molar-refractivity contribution is 6.01. The summed E-state index contributed by atoms with van der Waals surface area (Å²) in [5.41, 5.74) is 6.47. The van der Waals surface area contributed by atoms with Gasteiger partial charge in [0.2, 0.25) is 11.6 Å². The number of carbonyl (C=O) groups excluding carboxylic acids is 1. The van der Waals surface area contributed by atoms with E-state index in [0.717, 1.165) is 5.56 Å². The molecule has 0 fully saturated rings. The predicted octanol–water partition coefficient (Wildman–Crippen LogP) is 0.207. The molecule has 0 bridgehead atoms. The van der Waals surface area contributed by atoms with Gasteiger partial charge in [-0.3, -0.25) is 4.79 Å². The van der Waals surface area contributed by atoms with Gasteiger partial charge in [0, 0.05) is 12.0 Å². The van der Waals surface area contributed by atoms with Crippen LogP contribution in [-0.4, -0.2) is 28.3 Å². The quantitative estimate of drug-likeness (QED) is 0.489. The fraction of sp³-hybridized carbons (Fsp3) is 0.364. The van der Waals surface area contributed by atoms with Crippen LogP contribution in [0.25, 0.3) is 0 Å². The first-order chi connectivity index (χ1) is 6.97. The summed E-state index contributed by atoms with van der Waals surface area (Å²) < 4.78 is 0. The van der Waals surface area contributed by atoms with Gasteiger partial charge in [-0.05, 0) is 13.5 Å². The van der Waals surface area contributed by atoms with E-state index in [9.17, 15) is 15.0 Å². The third-order valence-electron chi connectivity index (χ3n) is 2.17. The summed E-state index contributed by atoms with van der Waals surface area (Å²) in [6.45, 7) is 1.93. The van der Waals surface area contributed by atoms with E-state index in [0.29, 0.717) is 0 Å². The van der Waals surface area contributed by atoms with Crippen molar-refractivity contribution < 1.29 is 15.0 Å². The third kappa shape index (κ3) is 2.86. The van der Waals surface area contributed by atoms with Crippen LogP contribution in [0.5, 0.6) is 0 Å². The SMILES string of the molecule is Cc1ccc(C(=O)C(O)(O)CCN)cc1. The molecule has 4 nitrogen and oxygen atoms in total. The summed E-state index contributed by atoms with van der Waals surface area (Å²) in [7, 11) is 0. The molecular formula is C11H15NO3. The standard InChI is InChI=1S/C11H15NO3/c1-8-2-4-9(5-3-8)10(13)11(14,15)6-7-12/h2-5,14-15H,6-7,12H2,1H3. The normalized spacial score (nSPS) is 11.5. The largest absolute Gasteiger partial charge is 0.359 e. The fourth-order valence-corrected chi connectivity index (χ4v) is 1.25. The summed E-state index contributed by atoms with van der Waals surface area (Å²) in [6.07, 6.45) is -0.167. The van der Waals surface area contributed by atoms with E-state index in [1.54, 1.807) is 24.3 Å². The van der Waals surface area contributed by atoms with Gasteiger partial charge >= 0.3 is 0 Å². The molecule has 1 aromatic carbocycles. The second kappa shape index (κ2) is 4.53. The Hall–Kier alpha value is -1.23. The summed E-state index contributed by atoms with van der Waals surface area (Å²) >= 11 is 0. The lowest BCUT2D eigenvalue weighted by Crippen LogP contribution is -2.40. The maximum Gasteiger partial charge on any atom is 0.229 e. The Balaban J connectivity index is 2.89. The summed E-state index contributed by atoms with van der Waals surface area (Å²) in [4.78, 5) is 11.6. The van der Waals surface area contributed by atoms with E-state index in [1.807, 2.05) is 6.92 Å². The van der Waals surface area contributed by atoms with Gasteiger partial charge in [-0.25, -0.2) is 0 Å². The number of ketones is 1. The van der Waals surface area contributed by atoms with E-state index in [4.69, 9.17) is 5.73 Å². The molecule has 0 atom stereocenters. The molecule has 1 rings (SSSR count). The molecule has 1 aromatic rings. The number of hydrogen-bond donors (Lipinski definition) is 3. The number of Topliss-reactive ketones (excluding diaryl/α,β-unsaturated/α-hetero) is 1. The third-order valence-corrected chi connectivity index (χ3v) is 2.17. The molecule has 4 N–H and O–H groups in total. The molecule has 0 spiro atoms. The zero-order chi connectivity index (χ0) is 11.5. The number of hydrogen-bond acceptors (Lipinski definition) is 4. The molecular weight excluding hydrogens is 194 g/mol. The molecule has 0 aromatic heterocycles. The Morgan fingerprint density at radius 1 is 1.33 bits per heavy atom. The van der Waals surface area contributed by atoms with Crippen molar-refractivity contribution in [2.24, 2.45) is 5.73 Å². The zero-order valence-corrected chi connectivity index (χ0v) is 8.60. The Morgan fingerprint density at radius 3 is 2.33 bits per heavy atom. The lowest BCUT2D eigenvalue weighted by molar-refractivity contribution is -0.124. The number of benzene rings is 1. The van der Waals surface area contributed by atoms with Gasteiger partial charge in [-0.1, -0.05) is 29.8 Å². The van der Waals surface area contributed by atoms with Crippen LogP contribution in [0, 0.1) is 6.92 Å². The van der Waals surface area contributed by atoms with Gasteiger partial charge in [0.15, 0.2) is 0 Å². The maximum absolute atomic E-state index is 11.6. The summed E-state index contributed by atoms with van der Waals surface area (Å²) in [5, 5.41) is 18.9. The molecule has 15 heavy (non-hydrogen) atoms. The van der Waals surface area contributed by atoms with Crippen molar-refractivity contribution >= 4 is 5.78 Å². The van der Waals surface area contributed by atoms with Crippen LogP contribution in [0.3, 0.4) is 0 Å².